The molecule has 0 bridgehead atoms. The van der Waals surface area contributed by atoms with E-state index in [4.69, 9.17) is 10.8 Å². The number of nitrogens with two attached hydrogens (primary N) is 1. The first kappa shape index (κ1) is 12.7. The zero-order valence-electron chi connectivity index (χ0n) is 9.06. The van der Waals surface area contributed by atoms with E-state index in [1.807, 2.05) is 0 Å². The van der Waals surface area contributed by atoms with E-state index in [1.54, 1.807) is 6.92 Å². The Bertz CT molecular complexity index is 454. The number of hydrogen-bond acceptors (Lipinski definition) is 4. The van der Waals surface area contributed by atoms with Gasteiger partial charge in [0.1, 0.15) is 11.7 Å². The van der Waals surface area contributed by atoms with Crippen LogP contribution in [-0.2, 0) is 9.59 Å². The Hall–Kier alpha value is -2.38. The van der Waals surface area contributed by atoms with Crippen molar-refractivity contribution in [1.82, 2.24) is 15.5 Å². The van der Waals surface area contributed by atoms with Crippen LogP contribution in [0.3, 0.4) is 0 Å². The Balaban J connectivity index is 2.70. The lowest BCUT2D eigenvalue weighted by atomic mass is 10.2. The summed E-state index contributed by atoms with van der Waals surface area (Å²) in [5, 5.41) is 17.1. The molecule has 1 aromatic heterocycles. The zero-order valence-corrected chi connectivity index (χ0v) is 9.06. The number of nitrogens with one attached hydrogen (secondary N) is 2. The number of aryl methyl sites for hydroxylation is 1. The normalized spacial score (nSPS) is 11.8. The molecule has 0 spiro atoms. The molecule has 1 rings (SSSR count). The first-order chi connectivity index (χ1) is 7.90. The van der Waals surface area contributed by atoms with Crippen LogP contribution in [-0.4, -0.2) is 39.1 Å². The Morgan fingerprint density at radius 3 is 2.65 bits per heavy atom. The molecule has 0 aromatic carbocycles. The number of amides is 2. The summed E-state index contributed by atoms with van der Waals surface area (Å²) in [6.07, 6.45) is -0.468. The van der Waals surface area contributed by atoms with E-state index in [-0.39, 0.29) is 5.69 Å². The number of H-pyrrole nitrogens is 1. The van der Waals surface area contributed by atoms with E-state index in [0.29, 0.717) is 5.69 Å². The number of aromatic amines is 1. The van der Waals surface area contributed by atoms with Crippen LogP contribution in [0.4, 0.5) is 0 Å². The van der Waals surface area contributed by atoms with Gasteiger partial charge in [-0.2, -0.15) is 5.10 Å². The summed E-state index contributed by atoms with van der Waals surface area (Å²) in [6.45, 7) is 1.70. The molecule has 17 heavy (non-hydrogen) atoms. The van der Waals surface area contributed by atoms with Gasteiger partial charge in [0.15, 0.2) is 0 Å². The highest BCUT2D eigenvalue weighted by Gasteiger charge is 2.23. The second-order valence-electron chi connectivity index (χ2n) is 3.47. The molecule has 0 saturated carbocycles. The fraction of sp³-hybridized carbons (Fsp3) is 0.333. The fourth-order valence-corrected chi connectivity index (χ4v) is 1.17. The average Bonchev–Trinajstić information content (AvgIpc) is 2.63. The minimum absolute atomic E-state index is 0.0539. The Labute approximate surface area is 96.2 Å². The van der Waals surface area contributed by atoms with Crippen molar-refractivity contribution in [2.45, 2.75) is 19.4 Å². The van der Waals surface area contributed by atoms with Crippen LogP contribution >= 0.6 is 0 Å². The number of primary amides is 1. The van der Waals surface area contributed by atoms with Crippen molar-refractivity contribution in [3.63, 3.8) is 0 Å². The smallest absolute Gasteiger partial charge is 0.326 e. The lowest BCUT2D eigenvalue weighted by Crippen LogP contribution is -2.43. The molecule has 2 amide bonds. The second kappa shape index (κ2) is 5.10. The van der Waals surface area contributed by atoms with Crippen molar-refractivity contribution in [3.8, 4) is 0 Å². The number of carboxylic acids is 1. The minimum atomic E-state index is -1.35. The zero-order chi connectivity index (χ0) is 13.0. The molecule has 0 saturated heterocycles. The number of nitrogens with zero attached hydrogens (tertiary/aromatic N) is 1. The van der Waals surface area contributed by atoms with Gasteiger partial charge in [-0.15, -0.1) is 0 Å². The Kier molecular flexibility index (Phi) is 3.81. The largest absolute Gasteiger partial charge is 0.480 e. The van der Waals surface area contributed by atoms with Crippen LogP contribution in [0.5, 0.6) is 0 Å². The molecule has 0 fully saturated rings. The number of carbonyl (C=O) groups is 3. The Morgan fingerprint density at radius 1 is 1.59 bits per heavy atom. The molecular weight excluding hydrogens is 228 g/mol. The first-order valence-electron chi connectivity index (χ1n) is 4.74. The molecular formula is C9H12N4O4. The average molecular weight is 240 g/mol. The van der Waals surface area contributed by atoms with Gasteiger partial charge in [0.25, 0.3) is 5.91 Å². The first-order valence-corrected chi connectivity index (χ1v) is 4.74. The van der Waals surface area contributed by atoms with E-state index in [0.717, 1.165) is 0 Å². The predicted molar refractivity (Wildman–Crippen MR) is 56.0 cm³/mol. The highest BCUT2D eigenvalue weighted by molar-refractivity contribution is 5.96. The monoisotopic (exact) mass is 240 g/mol. The Morgan fingerprint density at radius 2 is 2.24 bits per heavy atom. The second-order valence-corrected chi connectivity index (χ2v) is 3.47. The highest BCUT2D eigenvalue weighted by atomic mass is 16.4. The fourth-order valence-electron chi connectivity index (χ4n) is 1.17. The van der Waals surface area contributed by atoms with E-state index in [2.05, 4.69) is 15.5 Å². The topological polar surface area (TPSA) is 138 Å². The number of carboxylic acid groups (broad SMARTS) is 1. The molecule has 8 heteroatoms. The summed E-state index contributed by atoms with van der Waals surface area (Å²) in [4.78, 5) is 32.9. The third kappa shape index (κ3) is 3.59. The van der Waals surface area contributed by atoms with Crippen molar-refractivity contribution < 1.29 is 19.5 Å². The molecule has 5 N–H and O–H groups in total. The van der Waals surface area contributed by atoms with Gasteiger partial charge in [-0.3, -0.25) is 14.7 Å². The predicted octanol–water partition coefficient (Wildman–Crippen LogP) is -1.22. The van der Waals surface area contributed by atoms with Crippen LogP contribution in [0, 0.1) is 6.92 Å². The maximum atomic E-state index is 11.5. The van der Waals surface area contributed by atoms with Crippen LogP contribution in [0.1, 0.15) is 22.6 Å². The van der Waals surface area contributed by atoms with Crippen LogP contribution in [0.25, 0.3) is 0 Å². The van der Waals surface area contributed by atoms with E-state index in [1.165, 1.54) is 6.07 Å². The van der Waals surface area contributed by atoms with E-state index < -0.39 is 30.2 Å². The van der Waals surface area contributed by atoms with Gasteiger partial charge in [0.05, 0.1) is 6.42 Å². The van der Waals surface area contributed by atoms with Gasteiger partial charge in [0.2, 0.25) is 5.91 Å². The molecule has 1 atom stereocenters. The van der Waals surface area contributed by atoms with Crippen molar-refractivity contribution in [1.29, 1.82) is 0 Å². The number of rotatable bonds is 5. The van der Waals surface area contributed by atoms with Crippen LogP contribution < -0.4 is 11.1 Å². The number of aliphatic carboxylic acids is 1. The lowest BCUT2D eigenvalue weighted by Gasteiger charge is -2.11. The van der Waals surface area contributed by atoms with Crippen molar-refractivity contribution >= 4 is 17.8 Å². The number of aromatic nitrogens is 2. The van der Waals surface area contributed by atoms with Gasteiger partial charge < -0.3 is 16.2 Å². The molecule has 8 nitrogen and oxygen atoms in total. The SMILES string of the molecule is Cc1cc(C(=O)N[C@@H](CC(N)=O)C(=O)O)n[nH]1. The summed E-state index contributed by atoms with van der Waals surface area (Å²) < 4.78 is 0. The molecule has 92 valence electrons. The number of carbonyl (C=O) groups excluding carboxylic acids is 2. The van der Waals surface area contributed by atoms with Gasteiger partial charge in [-0.05, 0) is 13.0 Å². The summed E-state index contributed by atoms with van der Waals surface area (Å²) in [6, 6.07) is 0.107. The van der Waals surface area contributed by atoms with E-state index >= 15 is 0 Å². The molecule has 1 heterocycles. The van der Waals surface area contributed by atoms with Gasteiger partial charge in [0, 0.05) is 5.69 Å². The van der Waals surface area contributed by atoms with Crippen molar-refractivity contribution in [3.05, 3.63) is 17.5 Å². The molecule has 0 aliphatic carbocycles. The van der Waals surface area contributed by atoms with Crippen LogP contribution in [0.15, 0.2) is 6.07 Å². The van der Waals surface area contributed by atoms with Crippen LogP contribution in [0.2, 0.25) is 0 Å². The quantitative estimate of drug-likeness (QED) is 0.510. The lowest BCUT2D eigenvalue weighted by molar-refractivity contribution is -0.140. The molecule has 1 aromatic rings. The number of hydrogen-bond donors (Lipinski definition) is 4. The molecule has 0 aliphatic rings. The molecule has 0 unspecified atom stereocenters. The third-order valence-corrected chi connectivity index (χ3v) is 1.95. The minimum Gasteiger partial charge on any atom is -0.480 e. The van der Waals surface area contributed by atoms with Crippen molar-refractivity contribution in [2.75, 3.05) is 0 Å². The summed E-state index contributed by atoms with van der Waals surface area (Å²) in [5.74, 6) is -2.82. The van der Waals surface area contributed by atoms with Crippen molar-refractivity contribution in [2.24, 2.45) is 5.73 Å². The maximum Gasteiger partial charge on any atom is 0.326 e. The highest BCUT2D eigenvalue weighted by Crippen LogP contribution is 2.00. The van der Waals surface area contributed by atoms with E-state index in [9.17, 15) is 14.4 Å². The summed E-state index contributed by atoms with van der Waals surface area (Å²) >= 11 is 0. The van der Waals surface area contributed by atoms with Gasteiger partial charge in [-0.25, -0.2) is 4.79 Å². The summed E-state index contributed by atoms with van der Waals surface area (Å²) in [5.41, 5.74) is 5.59. The molecule has 0 aliphatic heterocycles. The van der Waals surface area contributed by atoms with Gasteiger partial charge >= 0.3 is 5.97 Å². The van der Waals surface area contributed by atoms with Gasteiger partial charge in [-0.1, -0.05) is 0 Å². The third-order valence-electron chi connectivity index (χ3n) is 1.95. The summed E-state index contributed by atoms with van der Waals surface area (Å²) in [7, 11) is 0. The maximum absolute atomic E-state index is 11.5. The molecule has 0 radical (unpaired) electrons. The standard InChI is InChI=1S/C9H12N4O4/c1-4-2-5(13-12-4)8(15)11-6(9(16)17)3-7(10)14/h2,6H,3H2,1H3,(H2,10,14)(H,11,15)(H,12,13)(H,16,17)/t6-/m0/s1.